The molecule has 0 bridgehead atoms. The number of esters is 1. The van der Waals surface area contributed by atoms with Gasteiger partial charge in [-0.05, 0) is 30.3 Å². The second-order valence-corrected chi connectivity index (χ2v) is 4.19. The summed E-state index contributed by atoms with van der Waals surface area (Å²) in [5, 5.41) is 0. The first-order chi connectivity index (χ1) is 9.60. The molecule has 0 spiro atoms. The quantitative estimate of drug-likeness (QED) is 0.481. The highest BCUT2D eigenvalue weighted by Gasteiger charge is 2.15. The lowest BCUT2D eigenvalue weighted by Crippen LogP contribution is -2.38. The largest absolute Gasteiger partial charge is 0.465 e. The van der Waals surface area contributed by atoms with Crippen LogP contribution >= 0.6 is 17.0 Å². The number of nitrogens with zero attached hydrogens (tertiary/aromatic N) is 1. The number of hydrogen-bond acceptors (Lipinski definition) is 3. The molecule has 0 saturated carbocycles. The maximum atomic E-state index is 12.8. The molecule has 0 unspecified atom stereocenters. The molecule has 1 aromatic carbocycles. The van der Waals surface area contributed by atoms with Crippen molar-refractivity contribution in [1.82, 2.24) is 0 Å². The highest BCUT2D eigenvalue weighted by atomic mass is 79.9. The Morgan fingerprint density at radius 3 is 2.43 bits per heavy atom. The van der Waals surface area contributed by atoms with Gasteiger partial charge in [-0.15, -0.1) is 17.0 Å². The number of pyridine rings is 1. The SMILES string of the molecule is Br.COC(=O)c1ccc[n+](CC(=O)c2ccc(F)cc2)c1. The van der Waals surface area contributed by atoms with E-state index in [1.54, 1.807) is 22.9 Å². The van der Waals surface area contributed by atoms with Gasteiger partial charge in [-0.2, -0.15) is 4.57 Å². The van der Waals surface area contributed by atoms with E-state index in [0.717, 1.165) is 0 Å². The summed E-state index contributed by atoms with van der Waals surface area (Å²) in [4.78, 5) is 23.4. The van der Waals surface area contributed by atoms with Crippen LogP contribution in [0.1, 0.15) is 20.7 Å². The number of benzene rings is 1. The minimum Gasteiger partial charge on any atom is -0.465 e. The number of carbonyl (C=O) groups is 2. The first-order valence-corrected chi connectivity index (χ1v) is 5.96. The van der Waals surface area contributed by atoms with Crippen LogP contribution in [0.5, 0.6) is 0 Å². The highest BCUT2D eigenvalue weighted by molar-refractivity contribution is 8.93. The van der Waals surface area contributed by atoms with Crippen LogP contribution in [0.25, 0.3) is 0 Å². The van der Waals surface area contributed by atoms with E-state index in [4.69, 9.17) is 0 Å². The van der Waals surface area contributed by atoms with Crippen molar-refractivity contribution < 1.29 is 23.3 Å². The molecule has 0 aliphatic carbocycles. The van der Waals surface area contributed by atoms with Crippen LogP contribution in [0.2, 0.25) is 0 Å². The highest BCUT2D eigenvalue weighted by Crippen LogP contribution is 2.04. The van der Waals surface area contributed by atoms with Gasteiger partial charge in [-0.25, -0.2) is 9.18 Å². The topological polar surface area (TPSA) is 47.2 Å². The van der Waals surface area contributed by atoms with Crippen molar-refractivity contribution in [3.8, 4) is 0 Å². The molecular formula is C15H14BrFNO3+. The minimum atomic E-state index is -0.464. The number of aromatic nitrogens is 1. The van der Waals surface area contributed by atoms with Gasteiger partial charge in [0.1, 0.15) is 11.4 Å². The summed E-state index contributed by atoms with van der Waals surface area (Å²) in [6.07, 6.45) is 3.21. The Morgan fingerprint density at radius 2 is 1.81 bits per heavy atom. The normalized spacial score (nSPS) is 9.62. The fourth-order valence-corrected chi connectivity index (χ4v) is 1.75. The maximum absolute atomic E-state index is 12.8. The van der Waals surface area contributed by atoms with Crippen molar-refractivity contribution in [2.75, 3.05) is 7.11 Å². The van der Waals surface area contributed by atoms with Crippen LogP contribution in [0.3, 0.4) is 0 Å². The Labute approximate surface area is 131 Å². The lowest BCUT2D eigenvalue weighted by molar-refractivity contribution is -0.683. The average Bonchev–Trinajstić information content (AvgIpc) is 2.47. The molecule has 0 aliphatic heterocycles. The van der Waals surface area contributed by atoms with E-state index in [1.807, 2.05) is 0 Å². The molecule has 1 aromatic heterocycles. The Kier molecular flexibility index (Phi) is 6.17. The molecular weight excluding hydrogens is 341 g/mol. The predicted octanol–water partition coefficient (Wildman–Crippen LogP) is 2.36. The van der Waals surface area contributed by atoms with Crippen molar-refractivity contribution in [3.63, 3.8) is 0 Å². The molecule has 6 heteroatoms. The number of ether oxygens (including phenoxy) is 1. The fourth-order valence-electron chi connectivity index (χ4n) is 1.75. The van der Waals surface area contributed by atoms with Gasteiger partial charge in [0.15, 0.2) is 12.4 Å². The zero-order valence-corrected chi connectivity index (χ0v) is 13.0. The van der Waals surface area contributed by atoms with E-state index >= 15 is 0 Å². The van der Waals surface area contributed by atoms with Gasteiger partial charge < -0.3 is 4.74 Å². The van der Waals surface area contributed by atoms with Crippen molar-refractivity contribution in [2.24, 2.45) is 0 Å². The van der Waals surface area contributed by atoms with Crippen LogP contribution in [-0.4, -0.2) is 18.9 Å². The van der Waals surface area contributed by atoms with Crippen molar-refractivity contribution in [1.29, 1.82) is 0 Å². The van der Waals surface area contributed by atoms with Gasteiger partial charge in [-0.1, -0.05) is 0 Å². The second kappa shape index (κ2) is 7.64. The second-order valence-electron chi connectivity index (χ2n) is 4.19. The van der Waals surface area contributed by atoms with Gasteiger partial charge in [0.2, 0.25) is 12.3 Å². The van der Waals surface area contributed by atoms with E-state index in [2.05, 4.69) is 4.74 Å². The maximum Gasteiger partial charge on any atom is 0.343 e. The summed E-state index contributed by atoms with van der Waals surface area (Å²) in [6, 6.07) is 8.60. The molecule has 110 valence electrons. The summed E-state index contributed by atoms with van der Waals surface area (Å²) < 4.78 is 19.0. The van der Waals surface area contributed by atoms with Crippen molar-refractivity contribution in [2.45, 2.75) is 6.54 Å². The number of methoxy groups -OCH3 is 1. The summed E-state index contributed by atoms with van der Waals surface area (Å²) in [6.45, 7) is 0.0659. The molecule has 21 heavy (non-hydrogen) atoms. The Balaban J connectivity index is 0.00000220. The molecule has 0 N–H and O–H groups in total. The fraction of sp³-hybridized carbons (Fsp3) is 0.133. The van der Waals surface area contributed by atoms with Crippen LogP contribution < -0.4 is 4.57 Å². The average molecular weight is 355 g/mol. The van der Waals surface area contributed by atoms with Crippen molar-refractivity contribution in [3.05, 3.63) is 65.7 Å². The first kappa shape index (κ1) is 17.0. The Morgan fingerprint density at radius 1 is 1.14 bits per heavy atom. The summed E-state index contributed by atoms with van der Waals surface area (Å²) in [5.74, 6) is -1.02. The van der Waals surface area contributed by atoms with E-state index < -0.39 is 5.97 Å². The summed E-state index contributed by atoms with van der Waals surface area (Å²) in [7, 11) is 1.29. The summed E-state index contributed by atoms with van der Waals surface area (Å²) in [5.41, 5.74) is 0.782. The van der Waals surface area contributed by atoms with Gasteiger partial charge in [0.05, 0.1) is 7.11 Å². The van der Waals surface area contributed by atoms with Crippen LogP contribution in [0.4, 0.5) is 4.39 Å². The zero-order valence-electron chi connectivity index (χ0n) is 11.3. The molecule has 0 aliphatic rings. The monoisotopic (exact) mass is 354 g/mol. The minimum absolute atomic E-state index is 0. The smallest absolute Gasteiger partial charge is 0.343 e. The van der Waals surface area contributed by atoms with Gasteiger partial charge in [0.25, 0.3) is 0 Å². The lowest BCUT2D eigenvalue weighted by Gasteiger charge is -2.00. The molecule has 0 fully saturated rings. The van der Waals surface area contributed by atoms with E-state index in [0.29, 0.717) is 11.1 Å². The number of Topliss-reactive ketones (excluding diaryl/α,β-unsaturated/α-hetero) is 1. The molecule has 1 heterocycles. The van der Waals surface area contributed by atoms with Crippen LogP contribution in [-0.2, 0) is 11.3 Å². The van der Waals surface area contributed by atoms with Gasteiger partial charge in [0, 0.05) is 11.6 Å². The first-order valence-electron chi connectivity index (χ1n) is 5.96. The molecule has 0 atom stereocenters. The van der Waals surface area contributed by atoms with Gasteiger partial charge in [-0.3, -0.25) is 4.79 Å². The zero-order chi connectivity index (χ0) is 14.5. The van der Waals surface area contributed by atoms with Crippen LogP contribution in [0, 0.1) is 5.82 Å². The third-order valence-corrected chi connectivity index (χ3v) is 2.77. The van der Waals surface area contributed by atoms with E-state index in [-0.39, 0.29) is 35.1 Å². The molecule has 0 saturated heterocycles. The molecule has 2 aromatic rings. The standard InChI is InChI=1S/C15H13FNO3.BrH/c1-20-15(19)12-3-2-8-17(9-12)10-14(18)11-4-6-13(16)7-5-11;/h2-9H,10H2,1H3;1H/q+1;. The van der Waals surface area contributed by atoms with Crippen LogP contribution in [0.15, 0.2) is 48.8 Å². The van der Waals surface area contributed by atoms with Gasteiger partial charge >= 0.3 is 5.97 Å². The Bertz CT molecular complexity index is 644. The predicted molar refractivity (Wildman–Crippen MR) is 79.0 cm³/mol. The third kappa shape index (κ3) is 4.46. The molecule has 0 amide bonds. The lowest BCUT2D eigenvalue weighted by atomic mass is 10.1. The number of rotatable bonds is 4. The summed E-state index contributed by atoms with van der Waals surface area (Å²) >= 11 is 0. The Hall–Kier alpha value is -2.08. The molecule has 2 rings (SSSR count). The molecule has 0 radical (unpaired) electrons. The third-order valence-electron chi connectivity index (χ3n) is 2.77. The number of ketones is 1. The van der Waals surface area contributed by atoms with Crippen molar-refractivity contribution >= 4 is 28.7 Å². The van der Waals surface area contributed by atoms with E-state index in [1.165, 1.54) is 37.6 Å². The number of halogens is 2. The molecule has 4 nitrogen and oxygen atoms in total. The van der Waals surface area contributed by atoms with E-state index in [9.17, 15) is 14.0 Å². The number of carbonyl (C=O) groups excluding carboxylic acids is 2. The number of hydrogen-bond donors (Lipinski definition) is 0.